The van der Waals surface area contributed by atoms with Crippen molar-refractivity contribution < 1.29 is 4.74 Å². The number of hydrogen-bond donors (Lipinski definition) is 2. The van der Waals surface area contributed by atoms with E-state index in [1.54, 1.807) is 13.3 Å². The standard InChI is InChI=1S/C22H29N3O.C2H6/c1-6-22(26-5)21(14-20-16(2)13-17(3)25-20)23-15-18(4)24-19-11-9-7-8-10-12-19;1-2/h6-9,11,13-15,19,24-25H,4,10,12H2,1-3,5H3;1-2H3/b21-14-,22-6+,23-15?;. The Labute approximate surface area is 170 Å². The fourth-order valence-electron chi connectivity index (χ4n) is 2.87. The predicted molar refractivity (Wildman–Crippen MR) is 122 cm³/mol. The normalized spacial score (nSPS) is 17.1. The van der Waals surface area contributed by atoms with Crippen molar-refractivity contribution in [3.63, 3.8) is 0 Å². The van der Waals surface area contributed by atoms with E-state index < -0.39 is 0 Å². The number of hydrogen-bond acceptors (Lipinski definition) is 3. The van der Waals surface area contributed by atoms with Crippen LogP contribution >= 0.6 is 0 Å². The molecule has 4 heteroatoms. The second kappa shape index (κ2) is 12.6. The number of ether oxygens (including phenoxy) is 1. The molecule has 0 amide bonds. The Morgan fingerprint density at radius 1 is 1.32 bits per heavy atom. The average Bonchev–Trinajstić information content (AvgIpc) is 2.87. The van der Waals surface area contributed by atoms with Crippen LogP contribution in [0.4, 0.5) is 0 Å². The molecule has 0 fully saturated rings. The molecular formula is C24H35N3O. The molecule has 0 spiro atoms. The number of aliphatic imine (C=N–C) groups is 1. The molecule has 1 unspecified atom stereocenters. The highest BCUT2D eigenvalue weighted by Crippen LogP contribution is 2.19. The topological polar surface area (TPSA) is 49.4 Å². The Hall–Kier alpha value is -2.75. The highest BCUT2D eigenvalue weighted by molar-refractivity contribution is 5.79. The second-order valence-corrected chi connectivity index (χ2v) is 6.36. The number of methoxy groups -OCH3 is 1. The first-order valence-corrected chi connectivity index (χ1v) is 9.95. The van der Waals surface area contributed by atoms with Crippen LogP contribution in [0, 0.1) is 13.8 Å². The van der Waals surface area contributed by atoms with Gasteiger partial charge in [-0.1, -0.05) is 44.7 Å². The third kappa shape index (κ3) is 7.47. The van der Waals surface area contributed by atoms with E-state index in [1.807, 2.05) is 39.8 Å². The summed E-state index contributed by atoms with van der Waals surface area (Å²) in [6.07, 6.45) is 16.2. The summed E-state index contributed by atoms with van der Waals surface area (Å²) >= 11 is 0. The molecule has 0 bridgehead atoms. The van der Waals surface area contributed by atoms with Crippen LogP contribution in [0.5, 0.6) is 0 Å². The molecule has 4 nitrogen and oxygen atoms in total. The molecule has 0 saturated heterocycles. The molecule has 0 saturated carbocycles. The fourth-order valence-corrected chi connectivity index (χ4v) is 2.87. The van der Waals surface area contributed by atoms with E-state index in [0.29, 0.717) is 0 Å². The number of nitrogens with zero attached hydrogens (tertiary/aromatic N) is 1. The van der Waals surface area contributed by atoms with Crippen molar-refractivity contribution in [3.8, 4) is 0 Å². The van der Waals surface area contributed by atoms with Crippen LogP contribution in [0.2, 0.25) is 0 Å². The molecule has 28 heavy (non-hydrogen) atoms. The van der Waals surface area contributed by atoms with Gasteiger partial charge in [-0.3, -0.25) is 4.99 Å². The summed E-state index contributed by atoms with van der Waals surface area (Å²) in [6.45, 7) is 14.1. The van der Waals surface area contributed by atoms with E-state index in [4.69, 9.17) is 4.74 Å². The largest absolute Gasteiger partial charge is 0.495 e. The smallest absolute Gasteiger partial charge is 0.140 e. The first-order chi connectivity index (χ1) is 13.5. The van der Waals surface area contributed by atoms with Crippen LogP contribution < -0.4 is 5.32 Å². The van der Waals surface area contributed by atoms with E-state index >= 15 is 0 Å². The maximum atomic E-state index is 5.47. The molecule has 1 heterocycles. The van der Waals surface area contributed by atoms with Gasteiger partial charge in [0.05, 0.1) is 13.3 Å². The Kier molecular flexibility index (Phi) is 10.5. The van der Waals surface area contributed by atoms with Gasteiger partial charge >= 0.3 is 0 Å². The summed E-state index contributed by atoms with van der Waals surface area (Å²) in [4.78, 5) is 7.97. The molecule has 1 aromatic heterocycles. The van der Waals surface area contributed by atoms with Gasteiger partial charge in [0.2, 0.25) is 0 Å². The predicted octanol–water partition coefficient (Wildman–Crippen LogP) is 6.00. The molecule has 2 rings (SSSR count). The van der Waals surface area contributed by atoms with Crippen molar-refractivity contribution in [2.24, 2.45) is 4.99 Å². The van der Waals surface area contributed by atoms with E-state index in [1.165, 1.54) is 5.56 Å². The molecule has 2 N–H and O–H groups in total. The summed E-state index contributed by atoms with van der Waals surface area (Å²) in [6, 6.07) is 2.38. The number of nitrogens with one attached hydrogen (secondary N) is 2. The maximum Gasteiger partial charge on any atom is 0.140 e. The van der Waals surface area contributed by atoms with Crippen molar-refractivity contribution in [2.45, 2.75) is 53.5 Å². The molecular weight excluding hydrogens is 346 g/mol. The number of aryl methyl sites for hydroxylation is 2. The number of H-pyrrole nitrogens is 1. The van der Waals surface area contributed by atoms with Gasteiger partial charge in [0.1, 0.15) is 11.5 Å². The lowest BCUT2D eigenvalue weighted by atomic mass is 10.1. The molecule has 0 aromatic carbocycles. The van der Waals surface area contributed by atoms with Crippen LogP contribution in [0.1, 0.15) is 50.6 Å². The third-order valence-electron chi connectivity index (χ3n) is 4.17. The maximum absolute atomic E-state index is 5.47. The van der Waals surface area contributed by atoms with E-state index in [-0.39, 0.29) is 6.04 Å². The monoisotopic (exact) mass is 381 g/mol. The average molecular weight is 382 g/mol. The summed E-state index contributed by atoms with van der Waals surface area (Å²) in [5, 5.41) is 3.40. The fraction of sp³-hybridized carbons (Fsp3) is 0.375. The third-order valence-corrected chi connectivity index (χ3v) is 4.17. The zero-order chi connectivity index (χ0) is 20.9. The van der Waals surface area contributed by atoms with Crippen LogP contribution in [0.3, 0.4) is 0 Å². The number of rotatable bonds is 7. The van der Waals surface area contributed by atoms with Crippen LogP contribution in [-0.4, -0.2) is 24.4 Å². The molecule has 0 radical (unpaired) electrons. The molecule has 1 aliphatic rings. The second-order valence-electron chi connectivity index (χ2n) is 6.36. The Bertz CT molecular complexity index is 776. The molecule has 1 aromatic rings. The summed E-state index contributed by atoms with van der Waals surface area (Å²) in [5.41, 5.74) is 4.85. The highest BCUT2D eigenvalue weighted by atomic mass is 16.5. The SMILES string of the molecule is C=C(C=NC(=C\c1[nH]c(C)cc1C)/C(=C\C)OC)NC1C=CC=CCC1.CC. The van der Waals surface area contributed by atoms with Crippen molar-refractivity contribution in [3.05, 3.63) is 77.1 Å². The lowest BCUT2D eigenvalue weighted by Crippen LogP contribution is -2.26. The van der Waals surface area contributed by atoms with Gasteiger partial charge in [-0.2, -0.15) is 0 Å². The van der Waals surface area contributed by atoms with E-state index in [0.717, 1.165) is 41.4 Å². The molecule has 152 valence electrons. The minimum atomic E-state index is 0.272. The summed E-state index contributed by atoms with van der Waals surface area (Å²) < 4.78 is 5.47. The summed E-state index contributed by atoms with van der Waals surface area (Å²) in [5.74, 6) is 0.722. The highest BCUT2D eigenvalue weighted by Gasteiger charge is 2.08. The van der Waals surface area contributed by atoms with E-state index in [2.05, 4.69) is 59.2 Å². The van der Waals surface area contributed by atoms with Crippen molar-refractivity contribution in [1.29, 1.82) is 0 Å². The zero-order valence-electron chi connectivity index (χ0n) is 18.2. The van der Waals surface area contributed by atoms with Crippen molar-refractivity contribution in [2.75, 3.05) is 7.11 Å². The van der Waals surface area contributed by atoms with Gasteiger partial charge in [0.25, 0.3) is 0 Å². The van der Waals surface area contributed by atoms with Crippen LogP contribution in [0.25, 0.3) is 6.08 Å². The van der Waals surface area contributed by atoms with Gasteiger partial charge in [0, 0.05) is 23.1 Å². The Balaban J connectivity index is 0.00000190. The zero-order valence-corrected chi connectivity index (χ0v) is 18.2. The minimum absolute atomic E-state index is 0.272. The Morgan fingerprint density at radius 3 is 2.68 bits per heavy atom. The Morgan fingerprint density at radius 2 is 2.07 bits per heavy atom. The van der Waals surface area contributed by atoms with Crippen LogP contribution in [-0.2, 0) is 4.74 Å². The first-order valence-electron chi connectivity index (χ1n) is 9.95. The minimum Gasteiger partial charge on any atom is -0.495 e. The lowest BCUT2D eigenvalue weighted by Gasteiger charge is -2.14. The van der Waals surface area contributed by atoms with Gasteiger partial charge < -0.3 is 15.0 Å². The number of allylic oxidation sites excluding steroid dienone is 5. The first kappa shape index (κ1) is 23.3. The van der Waals surface area contributed by atoms with Crippen LogP contribution in [0.15, 0.2) is 65.2 Å². The quantitative estimate of drug-likeness (QED) is 0.346. The number of aromatic nitrogens is 1. The van der Waals surface area contributed by atoms with Gasteiger partial charge in [-0.15, -0.1) is 0 Å². The molecule has 1 aliphatic carbocycles. The summed E-state index contributed by atoms with van der Waals surface area (Å²) in [7, 11) is 1.65. The number of aromatic amines is 1. The van der Waals surface area contributed by atoms with Gasteiger partial charge in [-0.25, -0.2) is 0 Å². The van der Waals surface area contributed by atoms with Gasteiger partial charge in [0.15, 0.2) is 0 Å². The molecule has 0 aliphatic heterocycles. The van der Waals surface area contributed by atoms with Crippen molar-refractivity contribution in [1.82, 2.24) is 10.3 Å². The van der Waals surface area contributed by atoms with Crippen molar-refractivity contribution >= 4 is 12.3 Å². The van der Waals surface area contributed by atoms with Gasteiger partial charge in [-0.05, 0) is 57.4 Å². The molecule has 1 atom stereocenters. The lowest BCUT2D eigenvalue weighted by molar-refractivity contribution is 0.300. The van der Waals surface area contributed by atoms with E-state index in [9.17, 15) is 0 Å².